The molecular formula is C16H26N2O2. The van der Waals surface area contributed by atoms with Crippen LogP contribution in [-0.2, 0) is 12.8 Å². The first-order valence-electron chi connectivity index (χ1n) is 7.45. The Hall–Kier alpha value is -1.55. The van der Waals surface area contributed by atoms with Crippen LogP contribution in [0.2, 0.25) is 0 Å². The summed E-state index contributed by atoms with van der Waals surface area (Å²) in [6, 6.07) is 5.90. The van der Waals surface area contributed by atoms with Gasteiger partial charge >= 0.3 is 6.03 Å². The van der Waals surface area contributed by atoms with E-state index in [1.807, 2.05) is 13.0 Å². The number of aliphatic hydroxyl groups excluding tert-OH is 1. The zero-order chi connectivity index (χ0) is 15.0. The summed E-state index contributed by atoms with van der Waals surface area (Å²) in [7, 11) is 0. The number of hydrogen-bond acceptors (Lipinski definition) is 2. The van der Waals surface area contributed by atoms with Crippen LogP contribution in [0.15, 0.2) is 18.2 Å². The number of rotatable bonds is 7. The molecule has 1 atom stereocenters. The summed E-state index contributed by atoms with van der Waals surface area (Å²) in [5.41, 5.74) is 3.17. The largest absolute Gasteiger partial charge is 0.391 e. The van der Waals surface area contributed by atoms with Gasteiger partial charge in [-0.3, -0.25) is 0 Å². The van der Waals surface area contributed by atoms with E-state index in [0.29, 0.717) is 6.42 Å². The van der Waals surface area contributed by atoms with E-state index in [0.717, 1.165) is 30.5 Å². The van der Waals surface area contributed by atoms with Crippen LogP contribution in [0.1, 0.15) is 44.7 Å². The lowest BCUT2D eigenvalue weighted by Gasteiger charge is -2.14. The van der Waals surface area contributed by atoms with Crippen LogP contribution >= 0.6 is 0 Å². The third-order valence-electron chi connectivity index (χ3n) is 3.33. The standard InChI is InChI=1S/C16H26N2O2/c1-4-7-14(19)11-17-16(20)18-15-10-12(5-2)8-9-13(15)6-3/h8-10,14,19H,4-7,11H2,1-3H3,(H2,17,18,20). The molecular weight excluding hydrogens is 252 g/mol. The Balaban J connectivity index is 2.60. The number of carbonyl (C=O) groups is 1. The first-order valence-corrected chi connectivity index (χ1v) is 7.45. The van der Waals surface area contributed by atoms with Crippen molar-refractivity contribution in [3.63, 3.8) is 0 Å². The van der Waals surface area contributed by atoms with Crippen molar-refractivity contribution in [2.45, 2.75) is 52.6 Å². The van der Waals surface area contributed by atoms with Crippen molar-refractivity contribution in [2.24, 2.45) is 0 Å². The summed E-state index contributed by atoms with van der Waals surface area (Å²) in [5.74, 6) is 0. The van der Waals surface area contributed by atoms with Gasteiger partial charge < -0.3 is 15.7 Å². The second-order valence-corrected chi connectivity index (χ2v) is 4.98. The average Bonchev–Trinajstić information content (AvgIpc) is 2.45. The van der Waals surface area contributed by atoms with E-state index >= 15 is 0 Å². The lowest BCUT2D eigenvalue weighted by molar-refractivity contribution is 0.162. The lowest BCUT2D eigenvalue weighted by Crippen LogP contribution is -2.35. The van der Waals surface area contributed by atoms with Gasteiger partial charge in [0.05, 0.1) is 6.10 Å². The van der Waals surface area contributed by atoms with Crippen molar-refractivity contribution in [3.05, 3.63) is 29.3 Å². The number of nitrogens with one attached hydrogen (secondary N) is 2. The molecule has 0 aliphatic heterocycles. The molecule has 2 amide bonds. The van der Waals surface area contributed by atoms with E-state index in [2.05, 4.69) is 36.6 Å². The maximum atomic E-state index is 11.9. The zero-order valence-corrected chi connectivity index (χ0v) is 12.7. The number of amides is 2. The molecule has 1 aromatic carbocycles. The molecule has 0 radical (unpaired) electrons. The van der Waals surface area contributed by atoms with Gasteiger partial charge in [0.15, 0.2) is 0 Å². The summed E-state index contributed by atoms with van der Waals surface area (Å²) in [4.78, 5) is 11.9. The van der Waals surface area contributed by atoms with Gasteiger partial charge in [0.25, 0.3) is 0 Å². The molecule has 0 spiro atoms. The predicted octanol–water partition coefficient (Wildman–Crippen LogP) is 3.09. The maximum Gasteiger partial charge on any atom is 0.319 e. The van der Waals surface area contributed by atoms with Crippen molar-refractivity contribution in [2.75, 3.05) is 11.9 Å². The molecule has 112 valence electrons. The predicted molar refractivity (Wildman–Crippen MR) is 83.1 cm³/mol. The Morgan fingerprint density at radius 1 is 1.25 bits per heavy atom. The fourth-order valence-corrected chi connectivity index (χ4v) is 2.08. The van der Waals surface area contributed by atoms with Crippen molar-refractivity contribution < 1.29 is 9.90 Å². The first-order chi connectivity index (χ1) is 9.60. The van der Waals surface area contributed by atoms with E-state index in [1.54, 1.807) is 0 Å². The number of anilines is 1. The fraction of sp³-hybridized carbons (Fsp3) is 0.562. The van der Waals surface area contributed by atoms with E-state index in [9.17, 15) is 9.90 Å². The molecule has 0 saturated carbocycles. The monoisotopic (exact) mass is 278 g/mol. The van der Waals surface area contributed by atoms with Crippen molar-refractivity contribution in [1.29, 1.82) is 0 Å². The molecule has 3 N–H and O–H groups in total. The Labute approximate surface area is 121 Å². The second-order valence-electron chi connectivity index (χ2n) is 4.98. The van der Waals surface area contributed by atoms with E-state index in [-0.39, 0.29) is 12.6 Å². The lowest BCUT2D eigenvalue weighted by atomic mass is 10.1. The highest BCUT2D eigenvalue weighted by Crippen LogP contribution is 2.18. The molecule has 1 rings (SSSR count). The third-order valence-corrected chi connectivity index (χ3v) is 3.33. The minimum Gasteiger partial charge on any atom is -0.391 e. The van der Waals surface area contributed by atoms with Crippen molar-refractivity contribution >= 4 is 11.7 Å². The molecule has 0 fully saturated rings. The van der Waals surface area contributed by atoms with Crippen LogP contribution in [0.5, 0.6) is 0 Å². The van der Waals surface area contributed by atoms with Gasteiger partial charge in [-0.2, -0.15) is 0 Å². The summed E-state index contributed by atoms with van der Waals surface area (Å²) in [6.45, 7) is 6.45. The molecule has 20 heavy (non-hydrogen) atoms. The van der Waals surface area contributed by atoms with Gasteiger partial charge in [-0.05, 0) is 36.5 Å². The molecule has 1 aromatic rings. The molecule has 4 nitrogen and oxygen atoms in total. The normalized spacial score (nSPS) is 12.0. The molecule has 1 unspecified atom stereocenters. The topological polar surface area (TPSA) is 61.4 Å². The quantitative estimate of drug-likeness (QED) is 0.717. The minimum absolute atomic E-state index is 0.261. The number of benzene rings is 1. The molecule has 0 aliphatic rings. The van der Waals surface area contributed by atoms with Crippen LogP contribution in [0.4, 0.5) is 10.5 Å². The third kappa shape index (κ3) is 5.21. The van der Waals surface area contributed by atoms with Crippen molar-refractivity contribution in [1.82, 2.24) is 5.32 Å². The fourth-order valence-electron chi connectivity index (χ4n) is 2.08. The average molecular weight is 278 g/mol. The number of urea groups is 1. The highest BCUT2D eigenvalue weighted by Gasteiger charge is 2.08. The summed E-state index contributed by atoms with van der Waals surface area (Å²) >= 11 is 0. The maximum absolute atomic E-state index is 11.9. The van der Waals surface area contributed by atoms with Gasteiger partial charge in [0.1, 0.15) is 0 Å². The van der Waals surface area contributed by atoms with E-state index < -0.39 is 6.10 Å². The minimum atomic E-state index is -0.474. The molecule has 0 aromatic heterocycles. The summed E-state index contributed by atoms with van der Waals surface area (Å²) in [6.07, 6.45) is 2.95. The smallest absolute Gasteiger partial charge is 0.319 e. The van der Waals surface area contributed by atoms with Crippen molar-refractivity contribution in [3.8, 4) is 0 Å². The molecule has 0 saturated heterocycles. The van der Waals surface area contributed by atoms with Gasteiger partial charge in [0, 0.05) is 12.2 Å². The SMILES string of the molecule is CCCC(O)CNC(=O)Nc1cc(CC)ccc1CC. The molecule has 4 heteroatoms. The van der Waals surface area contributed by atoms with Crippen LogP contribution in [0, 0.1) is 0 Å². The second kappa shape index (κ2) is 8.59. The molecule has 0 aliphatic carbocycles. The Morgan fingerprint density at radius 3 is 2.60 bits per heavy atom. The molecule has 0 heterocycles. The van der Waals surface area contributed by atoms with Crippen LogP contribution in [0.3, 0.4) is 0 Å². The number of hydrogen-bond donors (Lipinski definition) is 3. The Kier molecular flexibility index (Phi) is 7.09. The Bertz CT molecular complexity index is 432. The summed E-state index contributed by atoms with van der Waals surface area (Å²) in [5, 5.41) is 15.2. The van der Waals surface area contributed by atoms with Gasteiger partial charge in [0.2, 0.25) is 0 Å². The highest BCUT2D eigenvalue weighted by atomic mass is 16.3. The van der Waals surface area contributed by atoms with Gasteiger partial charge in [-0.25, -0.2) is 4.79 Å². The highest BCUT2D eigenvalue weighted by molar-refractivity contribution is 5.90. The summed E-state index contributed by atoms with van der Waals surface area (Å²) < 4.78 is 0. The van der Waals surface area contributed by atoms with E-state index in [1.165, 1.54) is 5.56 Å². The van der Waals surface area contributed by atoms with Crippen LogP contribution in [-0.4, -0.2) is 23.8 Å². The number of aliphatic hydroxyl groups is 1. The van der Waals surface area contributed by atoms with Gasteiger partial charge in [-0.15, -0.1) is 0 Å². The zero-order valence-electron chi connectivity index (χ0n) is 12.7. The van der Waals surface area contributed by atoms with Gasteiger partial charge in [-0.1, -0.05) is 39.3 Å². The molecule has 0 bridgehead atoms. The van der Waals surface area contributed by atoms with E-state index in [4.69, 9.17) is 0 Å². The Morgan fingerprint density at radius 2 is 2.00 bits per heavy atom. The number of carbonyl (C=O) groups excluding carboxylic acids is 1. The van der Waals surface area contributed by atoms with Crippen LogP contribution in [0.25, 0.3) is 0 Å². The first kappa shape index (κ1) is 16.5. The van der Waals surface area contributed by atoms with Crippen LogP contribution < -0.4 is 10.6 Å². The number of aryl methyl sites for hydroxylation is 2.